The molecule has 0 aliphatic heterocycles. The van der Waals surface area contributed by atoms with Gasteiger partial charge >= 0.3 is 35.5 Å². The number of para-hydroxylation sites is 1. The minimum Gasteiger partial charge on any atom is -1.00 e. The van der Waals surface area contributed by atoms with Crippen molar-refractivity contribution in [3.05, 3.63) is 29.3 Å². The molecule has 0 aliphatic carbocycles. The van der Waals surface area contributed by atoms with Gasteiger partial charge in [-0.25, -0.2) is 4.79 Å². The Hall–Kier alpha value is -1.78. The number of benzene rings is 1. The molecule has 1 aromatic rings. The summed E-state index contributed by atoms with van der Waals surface area (Å²) in [7, 11) is 0. The molecule has 0 spiro atoms. The average molecular weight is 615 g/mol. The van der Waals surface area contributed by atoms with E-state index in [1.54, 1.807) is 6.92 Å². The Morgan fingerprint density at radius 3 is 1.79 bits per heavy atom. The minimum atomic E-state index is -2.21. The van der Waals surface area contributed by atoms with Crippen LogP contribution in [0.4, 0.5) is 5.69 Å². The summed E-state index contributed by atoms with van der Waals surface area (Å²) in [5, 5.41) is 12.4. The van der Waals surface area contributed by atoms with Crippen LogP contribution in [-0.2, 0) is 19.2 Å². The van der Waals surface area contributed by atoms with Gasteiger partial charge in [-0.05, 0) is 50.9 Å². The van der Waals surface area contributed by atoms with Crippen molar-refractivity contribution < 1.29 is 55.3 Å². The summed E-state index contributed by atoms with van der Waals surface area (Å²) in [5.74, 6) is -4.00. The summed E-state index contributed by atoms with van der Waals surface area (Å²) < 4.78 is 0. The maximum atomic E-state index is 12.4. The van der Waals surface area contributed by atoms with Gasteiger partial charge in [-0.3, -0.25) is 19.3 Å². The molecule has 1 aromatic carbocycles. The molecule has 0 heterocycles. The quantitative estimate of drug-likeness (QED) is 0.0943. The molecule has 0 aromatic heterocycles. The Morgan fingerprint density at radius 1 is 0.884 bits per heavy atom. The van der Waals surface area contributed by atoms with Gasteiger partial charge in [0.2, 0.25) is 11.8 Å². The van der Waals surface area contributed by atoms with Gasteiger partial charge in [0.25, 0.3) is 0 Å². The number of hydrogen-bond acceptors (Lipinski definition) is 6. The van der Waals surface area contributed by atoms with Crippen LogP contribution in [0.15, 0.2) is 18.2 Å². The second-order valence-electron chi connectivity index (χ2n) is 11.2. The number of nitrogens with one attached hydrogen (secondary N) is 1. The molecule has 9 nitrogen and oxygen atoms in total. The molecule has 0 radical (unpaired) electrons. The average Bonchev–Trinajstić information content (AvgIpc) is 2.95. The molecule has 0 bridgehead atoms. The zero-order valence-electron chi connectivity index (χ0n) is 29.1. The predicted molar refractivity (Wildman–Crippen MR) is 172 cm³/mol. The van der Waals surface area contributed by atoms with Crippen LogP contribution in [0, 0.1) is 19.8 Å². The molecular formula is C33H59N4NaO5. The molecule has 6 N–H and O–H groups in total. The summed E-state index contributed by atoms with van der Waals surface area (Å²) in [6.07, 6.45) is 10.6. The number of anilines is 1. The first-order valence-corrected chi connectivity index (χ1v) is 15.8. The molecule has 242 valence electrons. The number of Topliss-reactive ketones (excluding diaryl/α,β-unsaturated/α-hetero) is 1. The smallest absolute Gasteiger partial charge is 1.00 e. The molecule has 0 saturated heterocycles. The van der Waals surface area contributed by atoms with E-state index in [2.05, 4.69) is 31.0 Å². The first-order valence-electron chi connectivity index (χ1n) is 15.8. The van der Waals surface area contributed by atoms with Crippen LogP contribution < -0.4 is 46.3 Å². The van der Waals surface area contributed by atoms with Gasteiger partial charge in [-0.15, -0.1) is 0 Å². The van der Waals surface area contributed by atoms with Gasteiger partial charge in [0.15, 0.2) is 11.3 Å². The zero-order chi connectivity index (χ0) is 32.1. The van der Waals surface area contributed by atoms with Crippen LogP contribution in [-0.4, -0.2) is 58.7 Å². The Kier molecular flexibility index (Phi) is 24.7. The summed E-state index contributed by atoms with van der Waals surface area (Å²) >= 11 is 0. The Bertz CT molecular complexity index is 957. The van der Waals surface area contributed by atoms with E-state index in [0.717, 1.165) is 49.2 Å². The Morgan fingerprint density at radius 2 is 1.37 bits per heavy atom. The van der Waals surface area contributed by atoms with Crippen LogP contribution in [0.25, 0.3) is 0 Å². The van der Waals surface area contributed by atoms with Crippen molar-refractivity contribution in [1.82, 2.24) is 4.90 Å². The van der Waals surface area contributed by atoms with E-state index in [1.165, 1.54) is 32.1 Å². The summed E-state index contributed by atoms with van der Waals surface area (Å²) in [6.45, 7) is 14.4. The van der Waals surface area contributed by atoms with Crippen LogP contribution >= 0.6 is 0 Å². The second kappa shape index (κ2) is 24.5. The molecule has 0 fully saturated rings. The van der Waals surface area contributed by atoms with E-state index >= 15 is 0 Å². The molecule has 1 rings (SSSR count). The molecule has 10 heteroatoms. The molecule has 43 heavy (non-hydrogen) atoms. The summed E-state index contributed by atoms with van der Waals surface area (Å²) in [4.78, 5) is 49.6. The summed E-state index contributed by atoms with van der Waals surface area (Å²) in [6, 6.07) is 6.03. The fourth-order valence-corrected chi connectivity index (χ4v) is 4.99. The molecular weight excluding hydrogens is 555 g/mol. The number of carboxylic acids is 1. The Balaban J connectivity index is -0.000000776. The van der Waals surface area contributed by atoms with E-state index < -0.39 is 29.1 Å². The largest absolute Gasteiger partial charge is 1.00 e. The van der Waals surface area contributed by atoms with Gasteiger partial charge in [0, 0.05) is 12.1 Å². The minimum absolute atomic E-state index is 0. The number of unbranched alkanes of at least 4 members (excludes halogenated alkanes) is 8. The van der Waals surface area contributed by atoms with Crippen molar-refractivity contribution in [2.75, 3.05) is 25.0 Å². The van der Waals surface area contributed by atoms with E-state index in [4.69, 9.17) is 11.5 Å². The van der Waals surface area contributed by atoms with Gasteiger partial charge in [0.1, 0.15) is 0 Å². The van der Waals surface area contributed by atoms with Crippen LogP contribution in [0.2, 0.25) is 0 Å². The maximum absolute atomic E-state index is 12.4. The number of likely N-dealkylation sites (N-methyl/N-ethyl adjacent to an activating group) is 1. The van der Waals surface area contributed by atoms with Crippen molar-refractivity contribution in [3.63, 3.8) is 0 Å². The van der Waals surface area contributed by atoms with Gasteiger partial charge in [-0.2, -0.15) is 0 Å². The fraction of sp³-hybridized carbons (Fsp3) is 0.697. The first kappa shape index (κ1) is 43.3. The topological polar surface area (TPSA) is 156 Å². The third-order valence-electron chi connectivity index (χ3n) is 7.80. The third-order valence-corrected chi connectivity index (χ3v) is 7.80. The monoisotopic (exact) mass is 614 g/mol. The van der Waals surface area contributed by atoms with E-state index in [-0.39, 0.29) is 49.7 Å². The number of amides is 2. The van der Waals surface area contributed by atoms with Crippen molar-refractivity contribution in [3.8, 4) is 0 Å². The second-order valence-corrected chi connectivity index (χ2v) is 11.2. The van der Waals surface area contributed by atoms with Gasteiger partial charge < -0.3 is 23.3 Å². The Labute approximate surface area is 284 Å². The molecule has 2 unspecified atom stereocenters. The molecule has 2 amide bonds. The number of aliphatic carboxylic acids is 1. The number of hydrogen-bond donors (Lipinski definition) is 4. The number of carbonyl (C=O) groups is 4. The van der Waals surface area contributed by atoms with Crippen molar-refractivity contribution in [2.45, 2.75) is 124 Å². The first-order chi connectivity index (χ1) is 19.9. The maximum Gasteiger partial charge on any atom is 1.00 e. The number of nitrogens with two attached hydrogens (primary N) is 2. The SMILES string of the molecule is CCCCCCCCCCCC(=O)C(N)(C(=O)O)C(CCC)C(N)=O.CCN(CC)CC(=O)Nc1c(C)cccc1C.[H-].[Na+]. The zero-order valence-corrected chi connectivity index (χ0v) is 30.1. The predicted octanol–water partition coefficient (Wildman–Crippen LogP) is 2.86. The van der Waals surface area contributed by atoms with Gasteiger partial charge in [-0.1, -0.05) is 104 Å². The normalized spacial score (nSPS) is 12.7. The third kappa shape index (κ3) is 16.2. The molecule has 0 aliphatic rings. The number of aryl methyl sites for hydroxylation is 2. The van der Waals surface area contributed by atoms with Crippen LogP contribution in [0.3, 0.4) is 0 Å². The molecule has 2 atom stereocenters. The number of primary amides is 1. The van der Waals surface area contributed by atoms with E-state index in [9.17, 15) is 24.3 Å². The van der Waals surface area contributed by atoms with Gasteiger partial charge in [0.05, 0.1) is 12.5 Å². The van der Waals surface area contributed by atoms with E-state index in [0.29, 0.717) is 19.4 Å². The number of carbonyl (C=O) groups excluding carboxylic acids is 3. The standard InChI is InChI=1S/C19H36N2O4.C14H22N2O.Na.H/c1-3-5-6-7-8-9-10-11-12-14-16(22)19(21,18(24)25)15(13-4-2)17(20)23;1-5-16(6-2)10-13(17)15-14-11(3)8-7-9-12(14)4;;/h15H,3-14,21H2,1-2H3,(H2,20,23)(H,24,25);7-9H,5-6,10H2,1-4H3,(H,15,17);;/q;;+1;-1. The summed E-state index contributed by atoms with van der Waals surface area (Å²) in [5.41, 5.74) is 12.1. The van der Waals surface area contributed by atoms with Crippen LogP contribution in [0.1, 0.15) is 117 Å². The number of carboxylic acid groups (broad SMARTS) is 1. The van der Waals surface area contributed by atoms with Crippen LogP contribution in [0.5, 0.6) is 0 Å². The van der Waals surface area contributed by atoms with Crippen molar-refractivity contribution in [2.24, 2.45) is 17.4 Å². The molecule has 0 saturated carbocycles. The number of ketones is 1. The van der Waals surface area contributed by atoms with Crippen molar-refractivity contribution in [1.29, 1.82) is 0 Å². The number of rotatable bonds is 21. The fourth-order valence-electron chi connectivity index (χ4n) is 4.99. The number of nitrogens with zero attached hydrogens (tertiary/aromatic N) is 1. The van der Waals surface area contributed by atoms with E-state index in [1.807, 2.05) is 32.0 Å². The van der Waals surface area contributed by atoms with Crippen molar-refractivity contribution >= 4 is 29.3 Å².